The molecule has 1 aromatic rings. The molecular weight excluding hydrogens is 184 g/mol. The molecule has 0 saturated heterocycles. The van der Waals surface area contributed by atoms with Gasteiger partial charge in [-0.1, -0.05) is 0 Å². The number of aromatic nitrogens is 2. The van der Waals surface area contributed by atoms with Gasteiger partial charge in [-0.3, -0.25) is 9.48 Å². The lowest BCUT2D eigenvalue weighted by molar-refractivity contribution is -0.143. The summed E-state index contributed by atoms with van der Waals surface area (Å²) in [5, 5.41) is 13.7. The first-order chi connectivity index (χ1) is 6.56. The van der Waals surface area contributed by atoms with Gasteiger partial charge in [0.1, 0.15) is 6.10 Å². The Bertz CT molecular complexity index is 313. The van der Waals surface area contributed by atoms with E-state index in [-0.39, 0.29) is 6.42 Å². The molecular formula is C9H14N2O3. The number of carbonyl (C=O) groups excluding carboxylic acids is 1. The molecule has 0 amide bonds. The number of aryl methyl sites for hydroxylation is 2. The molecule has 1 N–H and O–H groups in total. The van der Waals surface area contributed by atoms with Gasteiger partial charge in [0.25, 0.3) is 0 Å². The summed E-state index contributed by atoms with van der Waals surface area (Å²) < 4.78 is 6.03. The molecule has 0 radical (unpaired) electrons. The molecule has 5 heteroatoms. The zero-order valence-corrected chi connectivity index (χ0v) is 8.52. The van der Waals surface area contributed by atoms with Crippen molar-refractivity contribution in [3.63, 3.8) is 0 Å². The monoisotopic (exact) mass is 198 g/mol. The molecule has 1 heterocycles. The number of rotatable bonds is 3. The minimum Gasteiger partial charge on any atom is -0.469 e. The van der Waals surface area contributed by atoms with Gasteiger partial charge in [-0.15, -0.1) is 0 Å². The second-order valence-electron chi connectivity index (χ2n) is 3.13. The molecule has 0 bridgehead atoms. The van der Waals surface area contributed by atoms with Gasteiger partial charge < -0.3 is 9.84 Å². The van der Waals surface area contributed by atoms with Crippen molar-refractivity contribution in [3.05, 3.63) is 17.5 Å². The number of ether oxygens (including phenoxy) is 1. The molecule has 1 aromatic heterocycles. The number of hydrogen-bond acceptors (Lipinski definition) is 4. The van der Waals surface area contributed by atoms with Crippen LogP contribution in [0, 0.1) is 6.92 Å². The first kappa shape index (κ1) is 10.7. The van der Waals surface area contributed by atoms with Crippen molar-refractivity contribution in [2.24, 2.45) is 7.05 Å². The molecule has 1 rings (SSSR count). The Labute approximate surface area is 82.3 Å². The van der Waals surface area contributed by atoms with Crippen LogP contribution in [-0.4, -0.2) is 28.0 Å². The highest BCUT2D eigenvalue weighted by atomic mass is 16.5. The minimum atomic E-state index is -0.852. The summed E-state index contributed by atoms with van der Waals surface area (Å²) in [4.78, 5) is 10.9. The van der Waals surface area contributed by atoms with E-state index in [0.717, 1.165) is 5.56 Å². The van der Waals surface area contributed by atoms with Crippen LogP contribution in [0.15, 0.2) is 6.20 Å². The summed E-state index contributed by atoms with van der Waals surface area (Å²) in [5.74, 6) is -0.432. The zero-order valence-electron chi connectivity index (χ0n) is 8.52. The first-order valence-corrected chi connectivity index (χ1v) is 4.29. The lowest BCUT2D eigenvalue weighted by Crippen LogP contribution is -2.12. The molecule has 0 spiro atoms. The average Bonchev–Trinajstić information content (AvgIpc) is 2.46. The summed E-state index contributed by atoms with van der Waals surface area (Å²) >= 11 is 0. The highest BCUT2D eigenvalue weighted by molar-refractivity contribution is 5.70. The molecule has 14 heavy (non-hydrogen) atoms. The number of aliphatic hydroxyl groups excluding tert-OH is 1. The fourth-order valence-corrected chi connectivity index (χ4v) is 1.37. The third kappa shape index (κ3) is 2.11. The number of carbonyl (C=O) groups is 1. The fraction of sp³-hybridized carbons (Fsp3) is 0.556. The Morgan fingerprint density at radius 1 is 1.79 bits per heavy atom. The van der Waals surface area contributed by atoms with Crippen molar-refractivity contribution in [3.8, 4) is 0 Å². The Morgan fingerprint density at radius 3 is 2.86 bits per heavy atom. The third-order valence-corrected chi connectivity index (χ3v) is 2.08. The van der Waals surface area contributed by atoms with Gasteiger partial charge in [-0.25, -0.2) is 0 Å². The van der Waals surface area contributed by atoms with Crippen molar-refractivity contribution >= 4 is 5.97 Å². The van der Waals surface area contributed by atoms with Crippen LogP contribution < -0.4 is 0 Å². The Hall–Kier alpha value is -1.36. The van der Waals surface area contributed by atoms with E-state index in [0.29, 0.717) is 5.69 Å². The Balaban J connectivity index is 2.78. The highest BCUT2D eigenvalue weighted by Crippen LogP contribution is 2.19. The molecule has 0 fully saturated rings. The van der Waals surface area contributed by atoms with Gasteiger partial charge in [0.2, 0.25) is 0 Å². The number of methoxy groups -OCH3 is 1. The van der Waals surface area contributed by atoms with Gasteiger partial charge >= 0.3 is 5.97 Å². The SMILES string of the molecule is COC(=O)C[C@@H](O)c1c(C)cnn1C. The van der Waals surface area contributed by atoms with Crippen molar-refractivity contribution in [1.82, 2.24) is 9.78 Å². The Kier molecular flexibility index (Phi) is 3.24. The van der Waals surface area contributed by atoms with Gasteiger partial charge in [-0.2, -0.15) is 5.10 Å². The maximum Gasteiger partial charge on any atom is 0.308 e. The second-order valence-corrected chi connectivity index (χ2v) is 3.13. The zero-order chi connectivity index (χ0) is 10.7. The van der Waals surface area contributed by atoms with Crippen LogP contribution in [0.2, 0.25) is 0 Å². The average molecular weight is 198 g/mol. The quantitative estimate of drug-likeness (QED) is 0.710. The standard InChI is InChI=1S/C9H14N2O3/c1-6-5-10-11(2)9(6)7(12)4-8(13)14-3/h5,7,12H,4H2,1-3H3/t7-/m1/s1. The molecule has 5 nitrogen and oxygen atoms in total. The van der Waals surface area contributed by atoms with Crippen LogP contribution >= 0.6 is 0 Å². The van der Waals surface area contributed by atoms with Crippen LogP contribution in [0.4, 0.5) is 0 Å². The molecule has 0 unspecified atom stereocenters. The summed E-state index contributed by atoms with van der Waals surface area (Å²) in [6, 6.07) is 0. The van der Waals surface area contributed by atoms with Crippen molar-refractivity contribution < 1.29 is 14.6 Å². The van der Waals surface area contributed by atoms with E-state index < -0.39 is 12.1 Å². The lowest BCUT2D eigenvalue weighted by atomic mass is 10.1. The molecule has 0 aliphatic rings. The molecule has 0 saturated carbocycles. The van der Waals surface area contributed by atoms with Gasteiger partial charge in [0.15, 0.2) is 0 Å². The third-order valence-electron chi connectivity index (χ3n) is 2.08. The maximum atomic E-state index is 10.9. The number of esters is 1. The van der Waals surface area contributed by atoms with Crippen LogP contribution in [-0.2, 0) is 16.6 Å². The summed E-state index contributed by atoms with van der Waals surface area (Å²) in [6.07, 6.45) is 0.752. The number of hydrogen-bond donors (Lipinski definition) is 1. The normalized spacial score (nSPS) is 12.6. The van der Waals surface area contributed by atoms with E-state index in [1.54, 1.807) is 17.9 Å². The maximum absolute atomic E-state index is 10.9. The van der Waals surface area contributed by atoms with E-state index in [2.05, 4.69) is 9.84 Å². The topological polar surface area (TPSA) is 64.3 Å². The van der Waals surface area contributed by atoms with Crippen LogP contribution in [0.5, 0.6) is 0 Å². The highest BCUT2D eigenvalue weighted by Gasteiger charge is 2.18. The van der Waals surface area contributed by atoms with E-state index in [1.807, 2.05) is 6.92 Å². The van der Waals surface area contributed by atoms with Gasteiger partial charge in [-0.05, 0) is 12.5 Å². The van der Waals surface area contributed by atoms with E-state index in [1.165, 1.54) is 7.11 Å². The summed E-state index contributed by atoms with van der Waals surface area (Å²) in [6.45, 7) is 1.84. The van der Waals surface area contributed by atoms with Crippen LogP contribution in [0.1, 0.15) is 23.8 Å². The van der Waals surface area contributed by atoms with E-state index in [4.69, 9.17) is 0 Å². The van der Waals surface area contributed by atoms with Crippen molar-refractivity contribution in [1.29, 1.82) is 0 Å². The smallest absolute Gasteiger partial charge is 0.308 e. The Morgan fingerprint density at radius 2 is 2.43 bits per heavy atom. The molecule has 0 aliphatic heterocycles. The van der Waals surface area contributed by atoms with Crippen molar-refractivity contribution in [2.45, 2.75) is 19.4 Å². The molecule has 1 atom stereocenters. The lowest BCUT2D eigenvalue weighted by Gasteiger charge is -2.10. The minimum absolute atomic E-state index is 0.0448. The van der Waals surface area contributed by atoms with Crippen molar-refractivity contribution in [2.75, 3.05) is 7.11 Å². The molecule has 0 aliphatic carbocycles. The molecule has 78 valence electrons. The second kappa shape index (κ2) is 4.23. The number of aliphatic hydroxyl groups is 1. The molecule has 0 aromatic carbocycles. The van der Waals surface area contributed by atoms with Crippen LogP contribution in [0.25, 0.3) is 0 Å². The summed E-state index contributed by atoms with van der Waals surface area (Å²) in [5.41, 5.74) is 1.51. The van der Waals surface area contributed by atoms with Gasteiger partial charge in [0.05, 0.1) is 25.4 Å². The summed E-state index contributed by atoms with van der Waals surface area (Å²) in [7, 11) is 3.02. The van der Waals surface area contributed by atoms with Crippen LogP contribution in [0.3, 0.4) is 0 Å². The predicted octanol–water partition coefficient (Wildman–Crippen LogP) is 0.325. The van der Waals surface area contributed by atoms with E-state index in [9.17, 15) is 9.90 Å². The van der Waals surface area contributed by atoms with Gasteiger partial charge in [0, 0.05) is 7.05 Å². The largest absolute Gasteiger partial charge is 0.469 e. The fourth-order valence-electron chi connectivity index (χ4n) is 1.37. The first-order valence-electron chi connectivity index (χ1n) is 4.29. The number of nitrogens with zero attached hydrogens (tertiary/aromatic N) is 2. The predicted molar refractivity (Wildman–Crippen MR) is 49.5 cm³/mol. The van der Waals surface area contributed by atoms with E-state index >= 15 is 0 Å².